The van der Waals surface area contributed by atoms with Crippen LogP contribution in [-0.4, -0.2) is 17.9 Å². The molecule has 3 aromatic rings. The molecule has 2 N–H and O–H groups in total. The largest absolute Gasteiger partial charge is 0.472 e. The number of nitrogens with one attached hydrogen (secondary N) is 2. The van der Waals surface area contributed by atoms with Crippen LogP contribution < -0.4 is 15.4 Å². The lowest BCUT2D eigenvalue weighted by Gasteiger charge is -2.14. The monoisotopic (exact) mass is 364 g/mol. The van der Waals surface area contributed by atoms with Crippen LogP contribution in [-0.2, 0) is 11.3 Å². The van der Waals surface area contributed by atoms with Crippen LogP contribution in [0, 0.1) is 0 Å². The first kappa shape index (κ1) is 18.3. The van der Waals surface area contributed by atoms with Gasteiger partial charge in [0.2, 0.25) is 5.91 Å². The normalized spacial score (nSPS) is 11.4. The van der Waals surface area contributed by atoms with Crippen LogP contribution in [0.3, 0.4) is 0 Å². The minimum absolute atomic E-state index is 0.277. The van der Waals surface area contributed by atoms with E-state index in [-0.39, 0.29) is 11.8 Å². The van der Waals surface area contributed by atoms with E-state index >= 15 is 0 Å². The lowest BCUT2D eigenvalue weighted by atomic mass is 10.2. The van der Waals surface area contributed by atoms with Gasteiger partial charge in [-0.25, -0.2) is 0 Å². The number of para-hydroxylation sites is 1. The van der Waals surface area contributed by atoms with Crippen molar-refractivity contribution in [2.45, 2.75) is 19.5 Å². The molecule has 0 saturated heterocycles. The van der Waals surface area contributed by atoms with Gasteiger partial charge in [0, 0.05) is 6.54 Å². The smallest absolute Gasteiger partial charge is 0.255 e. The quantitative estimate of drug-likeness (QED) is 0.672. The second-order valence-electron chi connectivity index (χ2n) is 5.99. The van der Waals surface area contributed by atoms with Gasteiger partial charge in [0.25, 0.3) is 5.91 Å². The molecule has 6 heteroatoms. The number of furan rings is 1. The predicted molar refractivity (Wildman–Crippen MR) is 100 cm³/mol. The van der Waals surface area contributed by atoms with Crippen molar-refractivity contribution in [3.8, 4) is 11.5 Å². The third-order valence-corrected chi connectivity index (χ3v) is 3.87. The van der Waals surface area contributed by atoms with Crippen molar-refractivity contribution >= 4 is 11.8 Å². The van der Waals surface area contributed by atoms with Gasteiger partial charge in [-0.2, -0.15) is 0 Å². The fourth-order valence-electron chi connectivity index (χ4n) is 2.43. The van der Waals surface area contributed by atoms with E-state index in [0.717, 1.165) is 11.3 Å². The fourth-order valence-corrected chi connectivity index (χ4v) is 2.43. The van der Waals surface area contributed by atoms with Crippen molar-refractivity contribution < 1.29 is 18.7 Å². The highest BCUT2D eigenvalue weighted by Crippen LogP contribution is 2.21. The average molecular weight is 364 g/mol. The van der Waals surface area contributed by atoms with Crippen molar-refractivity contribution in [3.05, 3.63) is 84.3 Å². The maximum atomic E-state index is 12.2. The zero-order valence-electron chi connectivity index (χ0n) is 14.8. The Morgan fingerprint density at radius 2 is 1.81 bits per heavy atom. The summed E-state index contributed by atoms with van der Waals surface area (Å²) in [6.07, 6.45) is 2.74. The lowest BCUT2D eigenvalue weighted by Crippen LogP contribution is -2.44. The first-order valence-corrected chi connectivity index (χ1v) is 8.54. The Balaban J connectivity index is 1.52. The van der Waals surface area contributed by atoms with Crippen molar-refractivity contribution in [1.82, 2.24) is 10.6 Å². The Morgan fingerprint density at radius 3 is 2.56 bits per heavy atom. The number of carbonyl (C=O) groups is 2. The minimum atomic E-state index is -0.670. The third-order valence-electron chi connectivity index (χ3n) is 3.87. The highest BCUT2D eigenvalue weighted by Gasteiger charge is 2.17. The summed E-state index contributed by atoms with van der Waals surface area (Å²) < 4.78 is 10.7. The van der Waals surface area contributed by atoms with Gasteiger partial charge in [0.05, 0.1) is 11.8 Å². The van der Waals surface area contributed by atoms with Gasteiger partial charge >= 0.3 is 0 Å². The van der Waals surface area contributed by atoms with Gasteiger partial charge in [-0.3, -0.25) is 9.59 Å². The molecule has 2 aromatic carbocycles. The summed E-state index contributed by atoms with van der Waals surface area (Å²) in [4.78, 5) is 24.2. The molecule has 1 atom stereocenters. The average Bonchev–Trinajstić information content (AvgIpc) is 3.22. The Labute approximate surface area is 157 Å². The Bertz CT molecular complexity index is 892. The molecule has 0 bridgehead atoms. The Kier molecular flexibility index (Phi) is 5.89. The summed E-state index contributed by atoms with van der Waals surface area (Å²) in [6.45, 7) is 1.96. The highest BCUT2D eigenvalue weighted by molar-refractivity contribution is 5.97. The van der Waals surface area contributed by atoms with Crippen LogP contribution in [0.1, 0.15) is 22.8 Å². The Morgan fingerprint density at radius 1 is 1.04 bits per heavy atom. The van der Waals surface area contributed by atoms with Gasteiger partial charge in [0.1, 0.15) is 23.8 Å². The minimum Gasteiger partial charge on any atom is -0.472 e. The predicted octanol–water partition coefficient (Wildman–Crippen LogP) is 3.51. The number of rotatable bonds is 7. The second-order valence-corrected chi connectivity index (χ2v) is 5.99. The second kappa shape index (κ2) is 8.71. The maximum absolute atomic E-state index is 12.2. The lowest BCUT2D eigenvalue weighted by molar-refractivity contribution is -0.122. The standard InChI is InChI=1S/C21H20N2O4/c1-15(23-21(25)17-10-11-26-14-17)20(24)22-13-16-6-5-9-19(12-16)27-18-7-3-2-4-8-18/h2-12,14-15H,13H2,1H3,(H,22,24)(H,23,25). The van der Waals surface area contributed by atoms with Crippen molar-refractivity contribution in [1.29, 1.82) is 0 Å². The van der Waals surface area contributed by atoms with Crippen molar-refractivity contribution in [2.75, 3.05) is 0 Å². The molecule has 0 aliphatic carbocycles. The van der Waals surface area contributed by atoms with Crippen LogP contribution in [0.25, 0.3) is 0 Å². The van der Waals surface area contributed by atoms with E-state index in [1.165, 1.54) is 18.6 Å². The molecule has 0 fully saturated rings. The summed E-state index contributed by atoms with van der Waals surface area (Å²) in [5.41, 5.74) is 1.27. The molecule has 0 saturated carbocycles. The van der Waals surface area contributed by atoms with Crippen LogP contribution >= 0.6 is 0 Å². The number of benzene rings is 2. The van der Waals surface area contributed by atoms with Crippen LogP contribution in [0.2, 0.25) is 0 Å². The van der Waals surface area contributed by atoms with Crippen LogP contribution in [0.5, 0.6) is 11.5 Å². The van der Waals surface area contributed by atoms with Gasteiger partial charge in [-0.05, 0) is 42.8 Å². The molecule has 1 aromatic heterocycles. The highest BCUT2D eigenvalue weighted by atomic mass is 16.5. The van der Waals surface area contributed by atoms with Crippen LogP contribution in [0.15, 0.2) is 77.6 Å². The maximum Gasteiger partial charge on any atom is 0.255 e. The Hall–Kier alpha value is -3.54. The van der Waals surface area contributed by atoms with Gasteiger partial charge in [-0.1, -0.05) is 30.3 Å². The van der Waals surface area contributed by atoms with Gasteiger partial charge in [-0.15, -0.1) is 0 Å². The number of hydrogen-bond donors (Lipinski definition) is 2. The summed E-state index contributed by atoms with van der Waals surface area (Å²) in [5, 5.41) is 5.43. The van der Waals surface area contributed by atoms with Gasteiger partial charge in [0.15, 0.2) is 0 Å². The molecule has 0 aliphatic heterocycles. The van der Waals surface area contributed by atoms with Crippen molar-refractivity contribution in [3.63, 3.8) is 0 Å². The summed E-state index contributed by atoms with van der Waals surface area (Å²) in [5.74, 6) is 0.800. The van der Waals surface area contributed by atoms with E-state index in [2.05, 4.69) is 10.6 Å². The SMILES string of the molecule is CC(NC(=O)c1ccoc1)C(=O)NCc1cccc(Oc2ccccc2)c1. The molecule has 27 heavy (non-hydrogen) atoms. The zero-order valence-corrected chi connectivity index (χ0v) is 14.8. The molecule has 0 spiro atoms. The molecule has 6 nitrogen and oxygen atoms in total. The van der Waals surface area contributed by atoms with E-state index in [0.29, 0.717) is 17.9 Å². The van der Waals surface area contributed by atoms with E-state index in [9.17, 15) is 9.59 Å². The molecular formula is C21H20N2O4. The first-order chi connectivity index (χ1) is 13.1. The molecule has 0 radical (unpaired) electrons. The molecule has 1 unspecified atom stereocenters. The van der Waals surface area contributed by atoms with Crippen LogP contribution in [0.4, 0.5) is 0 Å². The molecule has 138 valence electrons. The number of ether oxygens (including phenoxy) is 1. The van der Waals surface area contributed by atoms with E-state index in [1.807, 2.05) is 54.6 Å². The van der Waals surface area contributed by atoms with E-state index in [1.54, 1.807) is 6.92 Å². The first-order valence-electron chi connectivity index (χ1n) is 8.54. The fraction of sp³-hybridized carbons (Fsp3) is 0.143. The van der Waals surface area contributed by atoms with Gasteiger partial charge < -0.3 is 19.8 Å². The zero-order chi connectivity index (χ0) is 19.1. The van der Waals surface area contributed by atoms with Crippen molar-refractivity contribution in [2.24, 2.45) is 0 Å². The molecular weight excluding hydrogens is 344 g/mol. The van der Waals surface area contributed by atoms with E-state index in [4.69, 9.17) is 9.15 Å². The third kappa shape index (κ3) is 5.22. The molecule has 1 heterocycles. The number of carbonyl (C=O) groups excluding carboxylic acids is 2. The molecule has 2 amide bonds. The number of hydrogen-bond acceptors (Lipinski definition) is 4. The molecule has 0 aliphatic rings. The summed E-state index contributed by atoms with van der Waals surface area (Å²) >= 11 is 0. The number of amides is 2. The topological polar surface area (TPSA) is 80.6 Å². The summed E-state index contributed by atoms with van der Waals surface area (Å²) in [6, 6.07) is 17.8. The van der Waals surface area contributed by atoms with E-state index < -0.39 is 6.04 Å². The summed E-state index contributed by atoms with van der Waals surface area (Å²) in [7, 11) is 0. The molecule has 3 rings (SSSR count).